The summed E-state index contributed by atoms with van der Waals surface area (Å²) < 4.78 is 41.1. The summed E-state index contributed by atoms with van der Waals surface area (Å²) in [6.07, 6.45) is -6.14. The molecule has 0 aliphatic rings. The summed E-state index contributed by atoms with van der Waals surface area (Å²) in [5, 5.41) is 10.1. The van der Waals surface area contributed by atoms with Gasteiger partial charge in [-0.15, -0.1) is 0 Å². The lowest BCUT2D eigenvalue weighted by Gasteiger charge is -2.15. The van der Waals surface area contributed by atoms with Gasteiger partial charge in [0, 0.05) is 6.42 Å². The van der Waals surface area contributed by atoms with E-state index >= 15 is 0 Å². The SMILES string of the molecule is O=C(CC[C@H](NC(=O)C(F)(F)F)C(=O)O)OCc1ccccc1. The summed E-state index contributed by atoms with van der Waals surface area (Å²) >= 11 is 0. The van der Waals surface area contributed by atoms with E-state index in [1.807, 2.05) is 0 Å². The van der Waals surface area contributed by atoms with Gasteiger partial charge in [0.15, 0.2) is 0 Å². The number of carboxylic acids is 1. The molecule has 0 heterocycles. The lowest BCUT2D eigenvalue weighted by atomic mass is 10.1. The number of esters is 1. The van der Waals surface area contributed by atoms with Gasteiger partial charge in [0.1, 0.15) is 12.6 Å². The zero-order valence-electron chi connectivity index (χ0n) is 11.8. The Morgan fingerprint density at radius 2 is 1.78 bits per heavy atom. The maximum absolute atomic E-state index is 12.1. The highest BCUT2D eigenvalue weighted by molar-refractivity contribution is 5.87. The summed E-state index contributed by atoms with van der Waals surface area (Å²) in [7, 11) is 0. The van der Waals surface area contributed by atoms with Gasteiger partial charge in [0.25, 0.3) is 0 Å². The van der Waals surface area contributed by atoms with Crippen molar-refractivity contribution in [2.75, 3.05) is 0 Å². The van der Waals surface area contributed by atoms with Crippen LogP contribution < -0.4 is 5.32 Å². The molecule has 23 heavy (non-hydrogen) atoms. The van der Waals surface area contributed by atoms with Crippen LogP contribution in [0.3, 0.4) is 0 Å². The van der Waals surface area contributed by atoms with E-state index in [9.17, 15) is 27.6 Å². The third kappa shape index (κ3) is 6.81. The second kappa shape index (κ2) is 8.16. The molecule has 0 fully saturated rings. The number of alkyl halides is 3. The number of aliphatic carboxylic acids is 1. The van der Waals surface area contributed by atoms with Gasteiger partial charge in [-0.2, -0.15) is 13.2 Å². The molecule has 1 aromatic carbocycles. The molecule has 2 N–H and O–H groups in total. The van der Waals surface area contributed by atoms with E-state index in [1.165, 1.54) is 5.32 Å². The van der Waals surface area contributed by atoms with E-state index in [1.54, 1.807) is 30.3 Å². The van der Waals surface area contributed by atoms with Crippen LogP contribution in [0.15, 0.2) is 30.3 Å². The maximum Gasteiger partial charge on any atom is 0.471 e. The number of nitrogens with one attached hydrogen (secondary N) is 1. The molecule has 1 aromatic rings. The Bertz CT molecular complexity index is 559. The highest BCUT2D eigenvalue weighted by Gasteiger charge is 2.40. The number of benzene rings is 1. The third-order valence-corrected chi connectivity index (χ3v) is 2.74. The second-order valence-electron chi connectivity index (χ2n) is 4.55. The van der Waals surface area contributed by atoms with E-state index in [4.69, 9.17) is 9.84 Å². The summed E-state index contributed by atoms with van der Waals surface area (Å²) in [5.41, 5.74) is 0.709. The largest absolute Gasteiger partial charge is 0.480 e. The van der Waals surface area contributed by atoms with Crippen LogP contribution in [0.5, 0.6) is 0 Å². The number of amides is 1. The Morgan fingerprint density at radius 3 is 2.30 bits per heavy atom. The molecule has 0 saturated heterocycles. The highest BCUT2D eigenvalue weighted by Crippen LogP contribution is 2.15. The molecule has 0 bridgehead atoms. The van der Waals surface area contributed by atoms with Crippen molar-refractivity contribution >= 4 is 17.8 Å². The van der Waals surface area contributed by atoms with Crippen molar-refractivity contribution < 1.29 is 37.4 Å². The Hall–Kier alpha value is -2.58. The highest BCUT2D eigenvalue weighted by atomic mass is 19.4. The van der Waals surface area contributed by atoms with Crippen molar-refractivity contribution in [2.24, 2.45) is 0 Å². The minimum absolute atomic E-state index is 0.0354. The number of carbonyl (C=O) groups is 3. The third-order valence-electron chi connectivity index (χ3n) is 2.74. The zero-order valence-corrected chi connectivity index (χ0v) is 11.8. The monoisotopic (exact) mass is 333 g/mol. The van der Waals surface area contributed by atoms with Gasteiger partial charge in [-0.25, -0.2) is 4.79 Å². The van der Waals surface area contributed by atoms with Gasteiger partial charge in [-0.3, -0.25) is 9.59 Å². The van der Waals surface area contributed by atoms with Crippen molar-refractivity contribution in [1.29, 1.82) is 0 Å². The van der Waals surface area contributed by atoms with Gasteiger partial charge >= 0.3 is 24.0 Å². The number of hydrogen-bond acceptors (Lipinski definition) is 4. The average molecular weight is 333 g/mol. The van der Waals surface area contributed by atoms with E-state index in [0.29, 0.717) is 5.56 Å². The second-order valence-corrected chi connectivity index (χ2v) is 4.55. The molecule has 126 valence electrons. The molecule has 0 radical (unpaired) electrons. The molecule has 1 rings (SSSR count). The minimum atomic E-state index is -5.19. The predicted octanol–water partition coefficient (Wildman–Crippen LogP) is 1.64. The Morgan fingerprint density at radius 1 is 1.17 bits per heavy atom. The lowest BCUT2D eigenvalue weighted by molar-refractivity contribution is -0.175. The Balaban J connectivity index is 2.44. The quantitative estimate of drug-likeness (QED) is 0.740. The summed E-state index contributed by atoms with van der Waals surface area (Å²) in [6, 6.07) is 6.82. The molecule has 0 aromatic heterocycles. The molecular formula is C14H14F3NO5. The van der Waals surface area contributed by atoms with Crippen molar-refractivity contribution in [3.63, 3.8) is 0 Å². The number of carboxylic acid groups (broad SMARTS) is 1. The van der Waals surface area contributed by atoms with Crippen LogP contribution in [0, 0.1) is 0 Å². The molecule has 0 aliphatic carbocycles. The van der Waals surface area contributed by atoms with Crippen molar-refractivity contribution in [1.82, 2.24) is 5.32 Å². The maximum atomic E-state index is 12.1. The van der Waals surface area contributed by atoms with E-state index in [0.717, 1.165) is 0 Å². The molecule has 0 unspecified atom stereocenters. The first kappa shape index (κ1) is 18.5. The van der Waals surface area contributed by atoms with Crippen LogP contribution in [0.1, 0.15) is 18.4 Å². The van der Waals surface area contributed by atoms with Gasteiger partial charge < -0.3 is 15.2 Å². The Labute approximate surface area is 129 Å². The Kier molecular flexibility index (Phi) is 6.55. The first-order valence-electron chi connectivity index (χ1n) is 6.50. The van der Waals surface area contributed by atoms with E-state index < -0.39 is 42.9 Å². The first-order valence-corrected chi connectivity index (χ1v) is 6.50. The smallest absolute Gasteiger partial charge is 0.471 e. The normalized spacial score (nSPS) is 12.3. The van der Waals surface area contributed by atoms with Crippen LogP contribution in [-0.2, 0) is 25.7 Å². The van der Waals surface area contributed by atoms with Crippen LogP contribution in [0.25, 0.3) is 0 Å². The molecule has 0 aliphatic heterocycles. The zero-order chi connectivity index (χ0) is 17.5. The van der Waals surface area contributed by atoms with Crippen molar-refractivity contribution in [3.05, 3.63) is 35.9 Å². The fraction of sp³-hybridized carbons (Fsp3) is 0.357. The van der Waals surface area contributed by atoms with Crippen molar-refractivity contribution in [3.8, 4) is 0 Å². The number of ether oxygens (including phenoxy) is 1. The van der Waals surface area contributed by atoms with Gasteiger partial charge in [0.2, 0.25) is 0 Å². The fourth-order valence-electron chi connectivity index (χ4n) is 1.57. The molecule has 6 nitrogen and oxygen atoms in total. The molecule has 1 atom stereocenters. The molecule has 0 saturated carbocycles. The number of hydrogen-bond donors (Lipinski definition) is 2. The van der Waals surface area contributed by atoms with E-state index in [-0.39, 0.29) is 6.61 Å². The number of carbonyl (C=O) groups excluding carboxylic acids is 2. The summed E-state index contributed by atoms with van der Waals surface area (Å²) in [4.78, 5) is 33.0. The fourth-order valence-corrected chi connectivity index (χ4v) is 1.57. The van der Waals surface area contributed by atoms with Crippen LogP contribution >= 0.6 is 0 Å². The first-order chi connectivity index (χ1) is 10.7. The standard InChI is InChI=1S/C14H14F3NO5/c15-14(16,17)13(22)18-10(12(20)21)6-7-11(19)23-8-9-4-2-1-3-5-9/h1-5,10H,6-8H2,(H,18,22)(H,20,21)/t10-/m0/s1. The molecule has 1 amide bonds. The summed E-state index contributed by atoms with van der Waals surface area (Å²) in [5.74, 6) is -4.82. The minimum Gasteiger partial charge on any atom is -0.480 e. The topological polar surface area (TPSA) is 92.7 Å². The van der Waals surface area contributed by atoms with Crippen LogP contribution in [-0.4, -0.2) is 35.2 Å². The molecule has 9 heteroatoms. The van der Waals surface area contributed by atoms with Gasteiger partial charge in [0.05, 0.1) is 0 Å². The van der Waals surface area contributed by atoms with Gasteiger partial charge in [-0.1, -0.05) is 30.3 Å². The average Bonchev–Trinajstić information content (AvgIpc) is 2.48. The molecular weight excluding hydrogens is 319 g/mol. The number of rotatable bonds is 7. The van der Waals surface area contributed by atoms with Crippen molar-refractivity contribution in [2.45, 2.75) is 31.7 Å². The number of halogens is 3. The lowest BCUT2D eigenvalue weighted by Crippen LogP contribution is -2.47. The predicted molar refractivity (Wildman–Crippen MR) is 71.1 cm³/mol. The molecule has 0 spiro atoms. The summed E-state index contributed by atoms with van der Waals surface area (Å²) in [6.45, 7) is -0.0354. The van der Waals surface area contributed by atoms with Crippen LogP contribution in [0.2, 0.25) is 0 Å². The van der Waals surface area contributed by atoms with Gasteiger partial charge in [-0.05, 0) is 12.0 Å². The van der Waals surface area contributed by atoms with E-state index in [2.05, 4.69) is 0 Å². The van der Waals surface area contributed by atoms with Crippen LogP contribution in [0.4, 0.5) is 13.2 Å².